The monoisotopic (exact) mass is 164 g/mol. The van der Waals surface area contributed by atoms with Crippen molar-refractivity contribution >= 4 is 18.3 Å². The van der Waals surface area contributed by atoms with E-state index in [1.807, 2.05) is 13.8 Å². The molecule has 0 bridgehead atoms. The minimum absolute atomic E-state index is 0. The van der Waals surface area contributed by atoms with E-state index >= 15 is 0 Å². The van der Waals surface area contributed by atoms with Crippen LogP contribution in [-0.4, -0.2) is 18.0 Å². The fourth-order valence-corrected chi connectivity index (χ4v) is 1.00. The Hall–Kier alpha value is -0.280. The Labute approximate surface area is 66.8 Å². The molecule has 1 amide bonds. The number of amides is 1. The minimum Gasteiger partial charge on any atom is -0.352 e. The third-order valence-electron chi connectivity index (χ3n) is 2.03. The average Bonchev–Trinajstić information content (AvgIpc) is 1.98. The average molecular weight is 165 g/mol. The van der Waals surface area contributed by atoms with E-state index in [1.165, 1.54) is 0 Å². The highest BCUT2D eigenvalue weighted by molar-refractivity contribution is 5.85. The maximum Gasteiger partial charge on any atom is 0.237 e. The van der Waals surface area contributed by atoms with Gasteiger partial charge in [0.25, 0.3) is 0 Å². The van der Waals surface area contributed by atoms with Crippen LogP contribution in [0, 0.1) is 5.92 Å². The molecule has 0 aliphatic carbocycles. The first-order valence-electron chi connectivity index (χ1n) is 3.19. The molecule has 1 saturated heterocycles. The molecule has 60 valence electrons. The van der Waals surface area contributed by atoms with Crippen LogP contribution in [0.3, 0.4) is 0 Å². The molecule has 1 rings (SSSR count). The lowest BCUT2D eigenvalue weighted by Crippen LogP contribution is -2.32. The summed E-state index contributed by atoms with van der Waals surface area (Å²) in [5.41, 5.74) is 5.50. The van der Waals surface area contributed by atoms with Gasteiger partial charge in [-0.3, -0.25) is 4.79 Å². The minimum atomic E-state index is -0.292. The summed E-state index contributed by atoms with van der Waals surface area (Å²) in [6.45, 7) is 3.95. The van der Waals surface area contributed by atoms with Crippen LogP contribution < -0.4 is 11.1 Å². The third-order valence-corrected chi connectivity index (χ3v) is 2.03. The number of carbonyl (C=O) groups is 1. The number of nitrogens with two attached hydrogens (primary N) is 1. The molecule has 0 aromatic carbocycles. The number of halogens is 1. The van der Waals surface area contributed by atoms with Crippen LogP contribution in [0.4, 0.5) is 0 Å². The van der Waals surface area contributed by atoms with E-state index in [1.54, 1.807) is 0 Å². The number of nitrogens with one attached hydrogen (secondary N) is 1. The summed E-state index contributed by atoms with van der Waals surface area (Å²) in [4.78, 5) is 10.8. The van der Waals surface area contributed by atoms with Gasteiger partial charge < -0.3 is 11.1 Å². The van der Waals surface area contributed by atoms with Crippen LogP contribution >= 0.6 is 12.4 Å². The normalized spacial score (nSPS) is 38.7. The Kier molecular flexibility index (Phi) is 3.12. The van der Waals surface area contributed by atoms with Gasteiger partial charge in [-0.1, -0.05) is 6.92 Å². The van der Waals surface area contributed by atoms with Crippen LogP contribution in [0.5, 0.6) is 0 Å². The summed E-state index contributed by atoms with van der Waals surface area (Å²) in [5.74, 6) is 0.257. The number of rotatable bonds is 0. The SMILES string of the molecule is C[C@H]1[C@H](C)NC(=O)[C@@H]1N.Cl. The molecule has 10 heavy (non-hydrogen) atoms. The van der Waals surface area contributed by atoms with Crippen LogP contribution in [0.1, 0.15) is 13.8 Å². The first kappa shape index (κ1) is 9.72. The Morgan fingerprint density at radius 2 is 2.00 bits per heavy atom. The maximum atomic E-state index is 10.8. The van der Waals surface area contributed by atoms with Crippen molar-refractivity contribution in [2.45, 2.75) is 25.9 Å². The van der Waals surface area contributed by atoms with E-state index in [9.17, 15) is 4.79 Å². The number of hydrogen-bond donors (Lipinski definition) is 2. The van der Waals surface area contributed by atoms with Crippen molar-refractivity contribution in [1.82, 2.24) is 5.32 Å². The van der Waals surface area contributed by atoms with E-state index in [4.69, 9.17) is 5.73 Å². The molecule has 3 nitrogen and oxygen atoms in total. The molecule has 0 saturated carbocycles. The highest BCUT2D eigenvalue weighted by atomic mass is 35.5. The molecule has 0 radical (unpaired) electrons. The van der Waals surface area contributed by atoms with Crippen molar-refractivity contribution in [2.24, 2.45) is 11.7 Å². The van der Waals surface area contributed by atoms with Crippen molar-refractivity contribution in [3.05, 3.63) is 0 Å². The predicted octanol–water partition coefficient (Wildman–Crippen LogP) is -0.110. The second-order valence-electron chi connectivity index (χ2n) is 2.68. The Bertz CT molecular complexity index is 140. The summed E-state index contributed by atoms with van der Waals surface area (Å²) in [6, 6.07) is -0.0486. The number of carbonyl (C=O) groups excluding carboxylic acids is 1. The van der Waals surface area contributed by atoms with Crippen LogP contribution in [-0.2, 0) is 4.79 Å². The summed E-state index contributed by atoms with van der Waals surface area (Å²) in [7, 11) is 0. The van der Waals surface area contributed by atoms with Crippen molar-refractivity contribution in [3.63, 3.8) is 0 Å². The zero-order valence-corrected chi connectivity index (χ0v) is 6.94. The lowest BCUT2D eigenvalue weighted by molar-refractivity contribution is -0.120. The second-order valence-corrected chi connectivity index (χ2v) is 2.68. The highest BCUT2D eigenvalue weighted by Crippen LogP contribution is 2.13. The van der Waals surface area contributed by atoms with Crippen molar-refractivity contribution in [2.75, 3.05) is 0 Å². The fourth-order valence-electron chi connectivity index (χ4n) is 1.00. The summed E-state index contributed by atoms with van der Waals surface area (Å²) >= 11 is 0. The smallest absolute Gasteiger partial charge is 0.237 e. The molecule has 4 heteroatoms. The molecule has 1 aliphatic rings. The maximum absolute atomic E-state index is 10.8. The van der Waals surface area contributed by atoms with Crippen LogP contribution in [0.2, 0.25) is 0 Å². The molecule has 3 N–H and O–H groups in total. The Balaban J connectivity index is 0.000000810. The van der Waals surface area contributed by atoms with E-state index in [-0.39, 0.29) is 36.3 Å². The van der Waals surface area contributed by atoms with Gasteiger partial charge in [-0.05, 0) is 6.92 Å². The van der Waals surface area contributed by atoms with E-state index < -0.39 is 0 Å². The molecular formula is C6H13ClN2O. The Morgan fingerprint density at radius 3 is 2.10 bits per heavy atom. The van der Waals surface area contributed by atoms with Crippen LogP contribution in [0.25, 0.3) is 0 Å². The van der Waals surface area contributed by atoms with Crippen molar-refractivity contribution in [1.29, 1.82) is 0 Å². The van der Waals surface area contributed by atoms with Crippen LogP contribution in [0.15, 0.2) is 0 Å². The number of hydrogen-bond acceptors (Lipinski definition) is 2. The molecule has 0 aromatic heterocycles. The first-order valence-corrected chi connectivity index (χ1v) is 3.19. The van der Waals surface area contributed by atoms with E-state index in [0.717, 1.165) is 0 Å². The lowest BCUT2D eigenvalue weighted by Gasteiger charge is -2.08. The zero-order valence-electron chi connectivity index (χ0n) is 6.13. The molecular weight excluding hydrogens is 152 g/mol. The summed E-state index contributed by atoms with van der Waals surface area (Å²) in [5, 5.41) is 2.75. The highest BCUT2D eigenvalue weighted by Gasteiger charge is 2.33. The van der Waals surface area contributed by atoms with Gasteiger partial charge in [-0.2, -0.15) is 0 Å². The lowest BCUT2D eigenvalue weighted by atomic mass is 10.0. The van der Waals surface area contributed by atoms with Gasteiger partial charge >= 0.3 is 0 Å². The molecule has 3 atom stereocenters. The molecule has 0 unspecified atom stereocenters. The Morgan fingerprint density at radius 1 is 1.50 bits per heavy atom. The first-order chi connectivity index (χ1) is 4.13. The fraction of sp³-hybridized carbons (Fsp3) is 0.833. The standard InChI is InChI=1S/C6H12N2O.ClH/c1-3-4(2)8-6(9)5(3)7;/h3-5H,7H2,1-2H3,(H,8,9);1H/t3-,4-,5+;/m0./s1. The quantitative estimate of drug-likeness (QED) is 0.525. The largest absolute Gasteiger partial charge is 0.352 e. The van der Waals surface area contributed by atoms with Gasteiger partial charge in [0.1, 0.15) is 0 Å². The van der Waals surface area contributed by atoms with E-state index in [2.05, 4.69) is 5.32 Å². The molecule has 0 aromatic rings. The third kappa shape index (κ3) is 1.41. The van der Waals surface area contributed by atoms with Gasteiger partial charge in [-0.25, -0.2) is 0 Å². The molecule has 1 fully saturated rings. The predicted molar refractivity (Wildman–Crippen MR) is 42.0 cm³/mol. The van der Waals surface area contributed by atoms with Crippen molar-refractivity contribution < 1.29 is 4.79 Å². The molecule has 1 aliphatic heterocycles. The second kappa shape index (κ2) is 3.21. The van der Waals surface area contributed by atoms with Gasteiger partial charge in [0.2, 0.25) is 5.91 Å². The zero-order chi connectivity index (χ0) is 7.02. The topological polar surface area (TPSA) is 55.1 Å². The van der Waals surface area contributed by atoms with Gasteiger partial charge in [0.05, 0.1) is 6.04 Å². The molecule has 1 heterocycles. The van der Waals surface area contributed by atoms with Gasteiger partial charge in [0.15, 0.2) is 0 Å². The van der Waals surface area contributed by atoms with Gasteiger partial charge in [-0.15, -0.1) is 12.4 Å². The molecule has 0 spiro atoms. The van der Waals surface area contributed by atoms with E-state index in [0.29, 0.717) is 0 Å². The van der Waals surface area contributed by atoms with Gasteiger partial charge in [0, 0.05) is 12.0 Å². The summed E-state index contributed by atoms with van der Waals surface area (Å²) < 4.78 is 0. The summed E-state index contributed by atoms with van der Waals surface area (Å²) in [6.07, 6.45) is 0. The van der Waals surface area contributed by atoms with Crippen molar-refractivity contribution in [3.8, 4) is 0 Å².